The van der Waals surface area contributed by atoms with E-state index in [1.807, 2.05) is 24.3 Å². The normalized spacial score (nSPS) is 13.1. The van der Waals surface area contributed by atoms with Gasteiger partial charge in [0.2, 0.25) is 0 Å². The van der Waals surface area contributed by atoms with E-state index < -0.39 is 17.8 Å². The number of halogens is 1. The number of esters is 1. The molecule has 0 saturated carbocycles. The van der Waals surface area contributed by atoms with Crippen molar-refractivity contribution in [2.24, 2.45) is 0 Å². The number of nitrogens with zero attached hydrogens (tertiary/aromatic N) is 1. The van der Waals surface area contributed by atoms with E-state index in [1.54, 1.807) is 31.2 Å². The summed E-state index contributed by atoms with van der Waals surface area (Å²) >= 11 is 6.20. The summed E-state index contributed by atoms with van der Waals surface area (Å²) in [4.78, 5) is 51.1. The molecule has 1 heterocycles. The summed E-state index contributed by atoms with van der Waals surface area (Å²) in [6.45, 7) is 3.99. The fourth-order valence-electron chi connectivity index (χ4n) is 3.68. The molecule has 0 saturated heterocycles. The fraction of sp³-hybridized carbons (Fsp3) is 0.143. The van der Waals surface area contributed by atoms with Gasteiger partial charge in [0, 0.05) is 16.9 Å². The number of hydrogen-bond donors (Lipinski definition) is 2. The molecule has 3 aromatic rings. The lowest BCUT2D eigenvalue weighted by Gasteiger charge is -2.15. The second kappa shape index (κ2) is 11.1. The minimum atomic E-state index is -0.692. The molecule has 1 aliphatic heterocycles. The average Bonchev–Trinajstić information content (AvgIpc) is 3.12. The summed E-state index contributed by atoms with van der Waals surface area (Å²) in [5.74, 6) is -2.12. The molecule has 0 aliphatic carbocycles. The Morgan fingerprint density at radius 3 is 2.00 bits per heavy atom. The van der Waals surface area contributed by atoms with Gasteiger partial charge in [0.05, 0.1) is 17.9 Å². The van der Waals surface area contributed by atoms with Gasteiger partial charge in [0.15, 0.2) is 0 Å². The Morgan fingerprint density at radius 1 is 0.811 bits per heavy atom. The van der Waals surface area contributed by atoms with E-state index in [0.717, 1.165) is 11.3 Å². The molecule has 0 fully saturated rings. The summed E-state index contributed by atoms with van der Waals surface area (Å²) in [5, 5.41) is 5.45. The van der Waals surface area contributed by atoms with Crippen LogP contribution in [0.5, 0.6) is 0 Å². The highest BCUT2D eigenvalue weighted by Gasteiger charge is 2.39. The van der Waals surface area contributed by atoms with Crippen LogP contribution in [-0.2, 0) is 20.7 Å². The molecule has 0 radical (unpaired) electrons. The molecule has 0 bridgehead atoms. The summed E-state index contributed by atoms with van der Waals surface area (Å²) in [5.41, 5.74) is 3.22. The zero-order valence-electron chi connectivity index (χ0n) is 20.2. The van der Waals surface area contributed by atoms with Gasteiger partial charge in [-0.1, -0.05) is 30.7 Å². The van der Waals surface area contributed by atoms with Crippen LogP contribution in [0, 0.1) is 0 Å². The van der Waals surface area contributed by atoms with Crippen molar-refractivity contribution in [1.29, 1.82) is 0 Å². The van der Waals surface area contributed by atoms with E-state index in [1.165, 1.54) is 29.8 Å². The Morgan fingerprint density at radius 2 is 1.41 bits per heavy atom. The zero-order chi connectivity index (χ0) is 26.5. The van der Waals surface area contributed by atoms with Crippen LogP contribution in [0.2, 0.25) is 0 Å². The second-order valence-corrected chi connectivity index (χ2v) is 8.49. The number of carbonyl (C=O) groups is 4. The van der Waals surface area contributed by atoms with E-state index in [9.17, 15) is 19.2 Å². The maximum atomic E-state index is 13.0. The predicted octanol–water partition coefficient (Wildman–Crippen LogP) is 5.11. The SMILES string of the molecule is CCOC(=O)c1ccc(N2C(=O)C(Cl)=C(Nc3ccc(C(=O)Nc4ccc(CC)cc4)cc3)C2=O)cc1. The quantitative estimate of drug-likeness (QED) is 0.317. The lowest BCUT2D eigenvalue weighted by molar-refractivity contribution is -0.120. The van der Waals surface area contributed by atoms with Crippen molar-refractivity contribution in [3.63, 3.8) is 0 Å². The average molecular weight is 518 g/mol. The molecular weight excluding hydrogens is 494 g/mol. The monoisotopic (exact) mass is 517 g/mol. The van der Waals surface area contributed by atoms with Crippen LogP contribution in [-0.4, -0.2) is 30.3 Å². The minimum Gasteiger partial charge on any atom is -0.462 e. The predicted molar refractivity (Wildman–Crippen MR) is 142 cm³/mol. The lowest BCUT2D eigenvalue weighted by atomic mass is 10.1. The van der Waals surface area contributed by atoms with Gasteiger partial charge >= 0.3 is 5.97 Å². The van der Waals surface area contributed by atoms with Crippen molar-refractivity contribution >= 4 is 52.4 Å². The number of hydrogen-bond acceptors (Lipinski definition) is 6. The second-order valence-electron chi connectivity index (χ2n) is 8.11. The summed E-state index contributed by atoms with van der Waals surface area (Å²) < 4.78 is 4.95. The Bertz CT molecular complexity index is 1380. The number of rotatable bonds is 8. The number of carbonyl (C=O) groups excluding carboxylic acids is 4. The molecule has 0 atom stereocenters. The molecule has 0 unspecified atom stereocenters. The number of imide groups is 1. The van der Waals surface area contributed by atoms with E-state index >= 15 is 0 Å². The van der Waals surface area contributed by atoms with Crippen molar-refractivity contribution in [3.05, 3.63) is 100 Å². The van der Waals surface area contributed by atoms with Crippen LogP contribution in [0.15, 0.2) is 83.5 Å². The Balaban J connectivity index is 1.44. The molecule has 0 aromatic heterocycles. The Kier molecular flexibility index (Phi) is 7.69. The lowest BCUT2D eigenvalue weighted by Crippen LogP contribution is -2.32. The van der Waals surface area contributed by atoms with Crippen molar-refractivity contribution < 1.29 is 23.9 Å². The molecule has 9 heteroatoms. The highest BCUT2D eigenvalue weighted by Crippen LogP contribution is 2.30. The highest BCUT2D eigenvalue weighted by atomic mass is 35.5. The van der Waals surface area contributed by atoms with Crippen molar-refractivity contribution in [2.45, 2.75) is 20.3 Å². The summed E-state index contributed by atoms with van der Waals surface area (Å²) in [6.07, 6.45) is 0.913. The zero-order valence-corrected chi connectivity index (χ0v) is 21.0. The molecule has 3 amide bonds. The van der Waals surface area contributed by atoms with Crippen molar-refractivity contribution in [2.75, 3.05) is 22.1 Å². The van der Waals surface area contributed by atoms with Crippen LogP contribution in [0.4, 0.5) is 17.1 Å². The number of anilines is 3. The maximum Gasteiger partial charge on any atom is 0.338 e. The van der Waals surface area contributed by atoms with Crippen LogP contribution >= 0.6 is 11.6 Å². The van der Waals surface area contributed by atoms with Crippen LogP contribution in [0.3, 0.4) is 0 Å². The Hall–Kier alpha value is -4.43. The molecule has 37 heavy (non-hydrogen) atoms. The van der Waals surface area contributed by atoms with Crippen LogP contribution < -0.4 is 15.5 Å². The molecule has 2 N–H and O–H groups in total. The van der Waals surface area contributed by atoms with Gasteiger partial charge in [0.25, 0.3) is 17.7 Å². The third kappa shape index (κ3) is 5.54. The smallest absolute Gasteiger partial charge is 0.338 e. The fourth-order valence-corrected chi connectivity index (χ4v) is 3.90. The van der Waals surface area contributed by atoms with E-state index in [2.05, 4.69) is 17.6 Å². The van der Waals surface area contributed by atoms with Crippen LogP contribution in [0.25, 0.3) is 0 Å². The first-order valence-electron chi connectivity index (χ1n) is 11.7. The van der Waals surface area contributed by atoms with Crippen molar-refractivity contribution in [1.82, 2.24) is 0 Å². The molecule has 188 valence electrons. The van der Waals surface area contributed by atoms with E-state index in [4.69, 9.17) is 16.3 Å². The molecule has 4 rings (SSSR count). The summed E-state index contributed by atoms with van der Waals surface area (Å²) in [6, 6.07) is 19.9. The van der Waals surface area contributed by atoms with Gasteiger partial charge in [-0.15, -0.1) is 0 Å². The Labute approximate surface area is 218 Å². The number of amides is 3. The molecule has 8 nitrogen and oxygen atoms in total. The molecule has 1 aliphatic rings. The molecule has 3 aromatic carbocycles. The number of nitrogens with one attached hydrogen (secondary N) is 2. The van der Waals surface area contributed by atoms with Crippen molar-refractivity contribution in [3.8, 4) is 0 Å². The first kappa shape index (κ1) is 25.7. The van der Waals surface area contributed by atoms with Crippen LogP contribution in [0.1, 0.15) is 40.1 Å². The van der Waals surface area contributed by atoms with E-state index in [-0.39, 0.29) is 28.9 Å². The first-order chi connectivity index (χ1) is 17.8. The summed E-state index contributed by atoms with van der Waals surface area (Å²) in [7, 11) is 0. The highest BCUT2D eigenvalue weighted by molar-refractivity contribution is 6.53. The van der Waals surface area contributed by atoms with E-state index in [0.29, 0.717) is 22.5 Å². The largest absolute Gasteiger partial charge is 0.462 e. The first-order valence-corrected chi connectivity index (χ1v) is 12.0. The maximum absolute atomic E-state index is 13.0. The third-order valence-electron chi connectivity index (χ3n) is 5.70. The standard InChI is InChI=1S/C28H24ClN3O5/c1-3-17-5-11-21(12-6-17)31-25(33)18-7-13-20(14-8-18)30-24-23(29)26(34)32(27(24)35)22-15-9-19(10-16-22)28(36)37-4-2/h5-16,30H,3-4H2,1-2H3,(H,31,33). The van der Waals surface area contributed by atoms with Gasteiger partial charge < -0.3 is 15.4 Å². The van der Waals surface area contributed by atoms with Gasteiger partial charge in [0.1, 0.15) is 10.7 Å². The molecule has 0 spiro atoms. The van der Waals surface area contributed by atoms with Gasteiger partial charge in [-0.25, -0.2) is 9.69 Å². The topological polar surface area (TPSA) is 105 Å². The number of benzene rings is 3. The van der Waals surface area contributed by atoms with Gasteiger partial charge in [-0.3, -0.25) is 14.4 Å². The van der Waals surface area contributed by atoms with Gasteiger partial charge in [-0.2, -0.15) is 0 Å². The van der Waals surface area contributed by atoms with Gasteiger partial charge in [-0.05, 0) is 79.6 Å². The third-order valence-corrected chi connectivity index (χ3v) is 6.05. The minimum absolute atomic E-state index is 0.0886. The number of aryl methyl sites for hydroxylation is 1. The molecular formula is C28H24ClN3O5. The number of ether oxygens (including phenoxy) is 1.